The minimum Gasteiger partial charge on any atom is -0.481 e. The molecular formula is C21H28O16. The lowest BCUT2D eigenvalue weighted by Gasteiger charge is -2.31. The number of carboxylic acid groups (broad SMARTS) is 8. The first-order chi connectivity index (χ1) is 16.9. The standard InChI is InChI=1S/C21H28O16/c22-13(23)3-1-9(15(26)27)5-11(17(30)31)7-21(19(34)35,20(36)37)8-12(18(32)33)6-10(16(28)29)2-4-14(24)25/h9-12H,1-8H2,(H,22,23)(H,24,25)(H,26,27)(H,28,29)(H,30,31)(H,32,33)(H,34,35)(H,36,37). The summed E-state index contributed by atoms with van der Waals surface area (Å²) in [6, 6.07) is 0. The van der Waals surface area contributed by atoms with Crippen LogP contribution in [0.3, 0.4) is 0 Å². The zero-order chi connectivity index (χ0) is 29.1. The lowest BCUT2D eigenvalue weighted by atomic mass is 9.69. The topological polar surface area (TPSA) is 298 Å². The van der Waals surface area contributed by atoms with Crippen LogP contribution < -0.4 is 0 Å². The fourth-order valence-corrected chi connectivity index (χ4v) is 3.87. The molecule has 0 radical (unpaired) electrons. The van der Waals surface area contributed by atoms with E-state index in [-0.39, 0.29) is 0 Å². The van der Waals surface area contributed by atoms with Crippen molar-refractivity contribution in [2.45, 2.75) is 51.4 Å². The second kappa shape index (κ2) is 14.4. The van der Waals surface area contributed by atoms with Crippen molar-refractivity contribution in [2.24, 2.45) is 29.1 Å². The van der Waals surface area contributed by atoms with Crippen LogP contribution in [-0.2, 0) is 38.4 Å². The molecule has 0 heterocycles. The Labute approximate surface area is 208 Å². The Morgan fingerprint density at radius 2 is 0.730 bits per heavy atom. The first kappa shape index (κ1) is 32.8. The van der Waals surface area contributed by atoms with Gasteiger partial charge in [-0.1, -0.05) is 0 Å². The van der Waals surface area contributed by atoms with Gasteiger partial charge in [-0.15, -0.1) is 0 Å². The molecule has 0 fully saturated rings. The van der Waals surface area contributed by atoms with Gasteiger partial charge in [0, 0.05) is 12.8 Å². The van der Waals surface area contributed by atoms with E-state index >= 15 is 0 Å². The molecule has 0 aliphatic rings. The molecule has 0 aromatic carbocycles. The minimum absolute atomic E-state index is 0.552. The van der Waals surface area contributed by atoms with E-state index in [2.05, 4.69) is 0 Å². The van der Waals surface area contributed by atoms with Crippen molar-refractivity contribution in [3.05, 3.63) is 0 Å². The first-order valence-electron chi connectivity index (χ1n) is 10.8. The third-order valence-corrected chi connectivity index (χ3v) is 5.96. The van der Waals surface area contributed by atoms with Crippen LogP contribution in [0.4, 0.5) is 0 Å². The van der Waals surface area contributed by atoms with Crippen molar-refractivity contribution < 1.29 is 79.2 Å². The highest BCUT2D eigenvalue weighted by Gasteiger charge is 2.52. The van der Waals surface area contributed by atoms with Crippen LogP contribution in [0, 0.1) is 29.1 Å². The quantitative estimate of drug-likeness (QED) is 0.0965. The van der Waals surface area contributed by atoms with E-state index < -0.39 is 128 Å². The first-order valence-corrected chi connectivity index (χ1v) is 10.8. The minimum atomic E-state index is -3.11. The van der Waals surface area contributed by atoms with Gasteiger partial charge in [-0.25, -0.2) is 0 Å². The fraction of sp³-hybridized carbons (Fsp3) is 0.619. The molecule has 0 rings (SSSR count). The maximum Gasteiger partial charge on any atom is 0.321 e. The zero-order valence-corrected chi connectivity index (χ0v) is 19.3. The Kier molecular flexibility index (Phi) is 12.7. The van der Waals surface area contributed by atoms with Crippen molar-refractivity contribution in [3.8, 4) is 0 Å². The molecule has 8 N–H and O–H groups in total. The van der Waals surface area contributed by atoms with E-state index in [1.807, 2.05) is 0 Å². The van der Waals surface area contributed by atoms with Crippen LogP contribution >= 0.6 is 0 Å². The van der Waals surface area contributed by atoms with Crippen molar-refractivity contribution in [1.82, 2.24) is 0 Å². The predicted molar refractivity (Wildman–Crippen MR) is 114 cm³/mol. The van der Waals surface area contributed by atoms with E-state index in [4.69, 9.17) is 10.2 Å². The Balaban J connectivity index is 6.26. The van der Waals surface area contributed by atoms with E-state index in [9.17, 15) is 69.0 Å². The van der Waals surface area contributed by atoms with Crippen molar-refractivity contribution in [1.29, 1.82) is 0 Å². The molecule has 16 nitrogen and oxygen atoms in total. The Morgan fingerprint density at radius 3 is 0.919 bits per heavy atom. The van der Waals surface area contributed by atoms with Gasteiger partial charge < -0.3 is 40.9 Å². The fourth-order valence-electron chi connectivity index (χ4n) is 3.87. The molecule has 4 atom stereocenters. The Morgan fingerprint density at radius 1 is 0.459 bits per heavy atom. The lowest BCUT2D eigenvalue weighted by Crippen LogP contribution is -2.45. The summed E-state index contributed by atoms with van der Waals surface area (Å²) < 4.78 is 0. The SMILES string of the molecule is O=C(O)CCC(CC(CC(CC(CC(CCC(=O)O)C(=O)O)C(=O)O)(C(=O)O)C(=O)O)C(=O)O)C(=O)O. The van der Waals surface area contributed by atoms with Crippen molar-refractivity contribution >= 4 is 47.8 Å². The summed E-state index contributed by atoms with van der Waals surface area (Å²) in [6.07, 6.45) is -6.78. The van der Waals surface area contributed by atoms with Crippen LogP contribution in [0.2, 0.25) is 0 Å². The third kappa shape index (κ3) is 10.5. The molecule has 208 valence electrons. The average molecular weight is 536 g/mol. The van der Waals surface area contributed by atoms with Gasteiger partial charge in [0.25, 0.3) is 0 Å². The average Bonchev–Trinajstić information content (AvgIpc) is 2.74. The lowest BCUT2D eigenvalue weighted by molar-refractivity contribution is -0.170. The van der Waals surface area contributed by atoms with Gasteiger partial charge >= 0.3 is 47.8 Å². The van der Waals surface area contributed by atoms with Crippen LogP contribution in [0.1, 0.15) is 51.4 Å². The summed E-state index contributed by atoms with van der Waals surface area (Å²) >= 11 is 0. The second-order valence-electron chi connectivity index (χ2n) is 8.58. The van der Waals surface area contributed by atoms with E-state index in [1.54, 1.807) is 0 Å². The van der Waals surface area contributed by atoms with Crippen molar-refractivity contribution in [2.75, 3.05) is 0 Å². The summed E-state index contributed by atoms with van der Waals surface area (Å²) in [5.41, 5.74) is -3.11. The smallest absolute Gasteiger partial charge is 0.321 e. The molecule has 0 bridgehead atoms. The highest BCUT2D eigenvalue weighted by atomic mass is 16.4. The summed E-state index contributed by atoms with van der Waals surface area (Å²) in [6.45, 7) is 0. The van der Waals surface area contributed by atoms with Crippen LogP contribution in [-0.4, -0.2) is 88.6 Å². The predicted octanol–water partition coefficient (Wildman–Crippen LogP) is 0.235. The third-order valence-electron chi connectivity index (χ3n) is 5.96. The summed E-state index contributed by atoms with van der Waals surface area (Å²) in [7, 11) is 0. The number of hydrogen-bond acceptors (Lipinski definition) is 8. The summed E-state index contributed by atoms with van der Waals surface area (Å²) in [4.78, 5) is 92.3. The number of rotatable bonds is 20. The molecule has 0 spiro atoms. The molecule has 37 heavy (non-hydrogen) atoms. The van der Waals surface area contributed by atoms with Gasteiger partial charge in [-0.3, -0.25) is 38.4 Å². The monoisotopic (exact) mass is 536 g/mol. The number of aliphatic carboxylic acids is 8. The molecular weight excluding hydrogens is 508 g/mol. The number of carbonyl (C=O) groups is 8. The van der Waals surface area contributed by atoms with Crippen LogP contribution in [0.25, 0.3) is 0 Å². The van der Waals surface area contributed by atoms with Gasteiger partial charge in [-0.2, -0.15) is 0 Å². The molecule has 0 saturated heterocycles. The van der Waals surface area contributed by atoms with E-state index in [1.165, 1.54) is 0 Å². The molecule has 4 unspecified atom stereocenters. The van der Waals surface area contributed by atoms with Gasteiger partial charge in [0.2, 0.25) is 0 Å². The maximum atomic E-state index is 12.1. The zero-order valence-electron chi connectivity index (χ0n) is 19.3. The largest absolute Gasteiger partial charge is 0.481 e. The van der Waals surface area contributed by atoms with E-state index in [0.717, 1.165) is 0 Å². The summed E-state index contributed by atoms with van der Waals surface area (Å²) in [5.74, 6) is -21.1. The summed E-state index contributed by atoms with van der Waals surface area (Å²) in [5, 5.41) is 74.7. The molecule has 0 aliphatic heterocycles. The van der Waals surface area contributed by atoms with Gasteiger partial charge in [0.15, 0.2) is 5.41 Å². The highest BCUT2D eigenvalue weighted by molar-refractivity contribution is 5.99. The van der Waals surface area contributed by atoms with Gasteiger partial charge in [0.1, 0.15) is 0 Å². The number of carboxylic acids is 8. The van der Waals surface area contributed by atoms with Gasteiger partial charge in [-0.05, 0) is 38.5 Å². The van der Waals surface area contributed by atoms with Crippen LogP contribution in [0.5, 0.6) is 0 Å². The molecule has 0 aromatic heterocycles. The molecule has 0 saturated carbocycles. The van der Waals surface area contributed by atoms with Gasteiger partial charge in [0.05, 0.1) is 23.7 Å². The number of hydrogen-bond donors (Lipinski definition) is 8. The molecule has 16 heteroatoms. The maximum absolute atomic E-state index is 12.1. The van der Waals surface area contributed by atoms with E-state index in [0.29, 0.717) is 0 Å². The molecule has 0 aromatic rings. The normalized spacial score (nSPS) is 14.5. The van der Waals surface area contributed by atoms with Crippen molar-refractivity contribution in [3.63, 3.8) is 0 Å². The second-order valence-corrected chi connectivity index (χ2v) is 8.58. The molecule has 0 amide bonds. The van der Waals surface area contributed by atoms with Crippen LogP contribution in [0.15, 0.2) is 0 Å². The Bertz CT molecular complexity index is 848. The highest BCUT2D eigenvalue weighted by Crippen LogP contribution is 2.39. The Hall–Kier alpha value is -4.24. The molecule has 0 aliphatic carbocycles.